The van der Waals surface area contributed by atoms with E-state index in [9.17, 15) is 0 Å². The molecule has 0 fully saturated rings. The van der Waals surface area contributed by atoms with Crippen LogP contribution in [0.2, 0.25) is 0 Å². The van der Waals surface area contributed by atoms with Crippen molar-refractivity contribution >= 4 is 32.9 Å². The van der Waals surface area contributed by atoms with Gasteiger partial charge in [-0.25, -0.2) is 0 Å². The standard InChI is InChI=1S/C49H35N.C10H8/c1-50(38-29-28-34-16-8-9-17-35(34)32-38)39-30-31-43-41(33-39)40-22-10-11-23-42(40)49(43)46-26-14-12-24-44(46)48(36-18-4-2-5-19-36,37-20-6-3-7-21-37)45-25-13-15-27-47(45)49;1-2-6-10-8-4-3-7-9(10)5-1/h2-33H,1H3;1-8H. The Morgan fingerprint density at radius 1 is 0.267 bits per heavy atom. The topological polar surface area (TPSA) is 3.24 Å². The molecule has 1 heteroatoms. The summed E-state index contributed by atoms with van der Waals surface area (Å²) in [7, 11) is 2.18. The molecular formula is C59H43N. The van der Waals surface area contributed by atoms with Crippen molar-refractivity contribution < 1.29 is 0 Å². The highest BCUT2D eigenvalue weighted by Crippen LogP contribution is 2.64. The number of hydrogen-bond donors (Lipinski definition) is 0. The van der Waals surface area contributed by atoms with Gasteiger partial charge in [0.1, 0.15) is 0 Å². The second-order valence-corrected chi connectivity index (χ2v) is 16.0. The fourth-order valence-electron chi connectivity index (χ4n) is 10.5. The van der Waals surface area contributed by atoms with Crippen molar-refractivity contribution in [2.75, 3.05) is 11.9 Å². The van der Waals surface area contributed by atoms with Gasteiger partial charge in [0, 0.05) is 18.4 Å². The molecule has 0 saturated carbocycles. The summed E-state index contributed by atoms with van der Waals surface area (Å²) in [6.07, 6.45) is 0. The smallest absolute Gasteiger partial charge is 0.0720 e. The third kappa shape index (κ3) is 5.33. The lowest BCUT2D eigenvalue weighted by Crippen LogP contribution is -2.44. The lowest BCUT2D eigenvalue weighted by Gasteiger charge is -2.50. The second-order valence-electron chi connectivity index (χ2n) is 16.0. The van der Waals surface area contributed by atoms with Crippen molar-refractivity contribution in [2.45, 2.75) is 10.8 Å². The van der Waals surface area contributed by atoms with E-state index in [2.05, 4.69) is 255 Å². The van der Waals surface area contributed by atoms with Gasteiger partial charge in [0.2, 0.25) is 0 Å². The molecule has 0 aliphatic heterocycles. The third-order valence-electron chi connectivity index (χ3n) is 13.1. The number of benzene rings is 10. The second kappa shape index (κ2) is 14.4. The molecule has 0 aromatic heterocycles. The van der Waals surface area contributed by atoms with Crippen molar-refractivity contribution in [1.29, 1.82) is 0 Å². The number of rotatable bonds is 4. The molecule has 2 aliphatic carbocycles. The zero-order valence-electron chi connectivity index (χ0n) is 33.5. The first-order valence-electron chi connectivity index (χ1n) is 20.9. The van der Waals surface area contributed by atoms with E-state index in [1.54, 1.807) is 0 Å². The van der Waals surface area contributed by atoms with Gasteiger partial charge in [-0.15, -0.1) is 0 Å². The van der Waals surface area contributed by atoms with E-state index >= 15 is 0 Å². The maximum Gasteiger partial charge on any atom is 0.0720 e. The Morgan fingerprint density at radius 3 is 1.17 bits per heavy atom. The molecule has 0 heterocycles. The fraction of sp³-hybridized carbons (Fsp3) is 0.0508. The Labute approximate surface area is 352 Å². The first-order valence-corrected chi connectivity index (χ1v) is 20.9. The van der Waals surface area contributed by atoms with Crippen LogP contribution in [0.3, 0.4) is 0 Å². The third-order valence-corrected chi connectivity index (χ3v) is 13.1. The minimum Gasteiger partial charge on any atom is -0.345 e. The summed E-state index contributed by atoms with van der Waals surface area (Å²) in [5, 5.41) is 5.12. The van der Waals surface area contributed by atoms with E-state index in [4.69, 9.17) is 0 Å². The van der Waals surface area contributed by atoms with Crippen LogP contribution in [-0.2, 0) is 10.8 Å². The van der Waals surface area contributed by atoms with Crippen LogP contribution in [0.15, 0.2) is 243 Å². The van der Waals surface area contributed by atoms with Crippen LogP contribution in [-0.4, -0.2) is 7.05 Å². The van der Waals surface area contributed by atoms with E-state index in [1.165, 1.54) is 88.6 Å². The van der Waals surface area contributed by atoms with Crippen LogP contribution in [0.25, 0.3) is 32.7 Å². The Morgan fingerprint density at radius 2 is 0.633 bits per heavy atom. The largest absolute Gasteiger partial charge is 0.345 e. The van der Waals surface area contributed by atoms with Crippen molar-refractivity contribution in [2.24, 2.45) is 0 Å². The van der Waals surface area contributed by atoms with Gasteiger partial charge in [-0.2, -0.15) is 0 Å². The monoisotopic (exact) mass is 765 g/mol. The number of fused-ring (bicyclic) bond motifs is 11. The van der Waals surface area contributed by atoms with Crippen molar-refractivity contribution in [1.82, 2.24) is 0 Å². The molecule has 0 atom stereocenters. The molecule has 0 radical (unpaired) electrons. The predicted molar refractivity (Wildman–Crippen MR) is 252 cm³/mol. The molecule has 0 saturated heterocycles. The summed E-state index contributed by atoms with van der Waals surface area (Å²) >= 11 is 0. The van der Waals surface area contributed by atoms with Crippen molar-refractivity contribution in [3.8, 4) is 11.1 Å². The van der Waals surface area contributed by atoms with Gasteiger partial charge in [-0.05, 0) is 101 Å². The van der Waals surface area contributed by atoms with Crippen LogP contribution in [0.4, 0.5) is 11.4 Å². The number of nitrogens with zero attached hydrogens (tertiary/aromatic N) is 1. The molecule has 1 spiro atoms. The molecule has 10 aromatic rings. The molecule has 0 bridgehead atoms. The van der Waals surface area contributed by atoms with Gasteiger partial charge in [0.25, 0.3) is 0 Å². The minimum absolute atomic E-state index is 0.480. The van der Waals surface area contributed by atoms with Crippen LogP contribution in [0.1, 0.15) is 44.5 Å². The Kier molecular flexibility index (Phi) is 8.57. The van der Waals surface area contributed by atoms with E-state index in [-0.39, 0.29) is 0 Å². The van der Waals surface area contributed by atoms with Gasteiger partial charge in [0.05, 0.1) is 10.8 Å². The van der Waals surface area contributed by atoms with E-state index in [1.807, 2.05) is 0 Å². The summed E-state index contributed by atoms with van der Waals surface area (Å²) in [5.74, 6) is 0. The first kappa shape index (κ1) is 35.7. The Balaban J connectivity index is 0.000000357. The minimum atomic E-state index is -0.491. The predicted octanol–water partition coefficient (Wildman–Crippen LogP) is 14.5. The SMILES string of the molecule is CN(c1ccc2c(c1)-c1ccccc1C21c2ccccc2C(c2ccccc2)(c2ccccc2)c2ccccc21)c1ccc2ccccc2c1.c1ccc2ccccc2c1. The molecule has 60 heavy (non-hydrogen) atoms. The molecular weight excluding hydrogens is 723 g/mol. The summed E-state index contributed by atoms with van der Waals surface area (Å²) in [4.78, 5) is 2.32. The average Bonchev–Trinajstić information content (AvgIpc) is 3.62. The summed E-state index contributed by atoms with van der Waals surface area (Å²) in [5.41, 5.74) is 14.5. The van der Waals surface area contributed by atoms with Crippen LogP contribution in [0, 0.1) is 0 Å². The molecule has 12 rings (SSSR count). The number of hydrogen-bond acceptors (Lipinski definition) is 1. The lowest BCUT2D eigenvalue weighted by molar-refractivity contribution is 0.623. The van der Waals surface area contributed by atoms with E-state index in [0.29, 0.717) is 0 Å². The molecule has 2 aliphatic rings. The molecule has 10 aromatic carbocycles. The highest BCUT2D eigenvalue weighted by atomic mass is 15.1. The van der Waals surface area contributed by atoms with Gasteiger partial charge >= 0.3 is 0 Å². The number of anilines is 2. The zero-order chi connectivity index (χ0) is 40.1. The average molecular weight is 766 g/mol. The lowest BCUT2D eigenvalue weighted by atomic mass is 9.51. The maximum absolute atomic E-state index is 2.42. The summed E-state index contributed by atoms with van der Waals surface area (Å²) in [6.45, 7) is 0. The molecule has 0 unspecified atom stereocenters. The first-order chi connectivity index (χ1) is 29.7. The van der Waals surface area contributed by atoms with Crippen LogP contribution >= 0.6 is 0 Å². The van der Waals surface area contributed by atoms with Crippen molar-refractivity contribution in [3.05, 3.63) is 287 Å². The maximum atomic E-state index is 2.42. The van der Waals surface area contributed by atoms with Gasteiger partial charge < -0.3 is 4.90 Å². The highest BCUT2D eigenvalue weighted by Gasteiger charge is 2.56. The molecule has 284 valence electrons. The van der Waals surface area contributed by atoms with Gasteiger partial charge in [0.15, 0.2) is 0 Å². The molecule has 1 nitrogen and oxygen atoms in total. The highest BCUT2D eigenvalue weighted by molar-refractivity contribution is 5.92. The summed E-state index contributed by atoms with van der Waals surface area (Å²) < 4.78 is 0. The zero-order valence-corrected chi connectivity index (χ0v) is 33.5. The fourth-order valence-corrected chi connectivity index (χ4v) is 10.5. The van der Waals surface area contributed by atoms with Crippen LogP contribution < -0.4 is 4.90 Å². The van der Waals surface area contributed by atoms with Gasteiger partial charge in [-0.1, -0.05) is 218 Å². The normalized spacial score (nSPS) is 13.7. The van der Waals surface area contributed by atoms with E-state index < -0.39 is 10.8 Å². The van der Waals surface area contributed by atoms with Crippen LogP contribution in [0.5, 0.6) is 0 Å². The molecule has 0 amide bonds. The van der Waals surface area contributed by atoms with Crippen molar-refractivity contribution in [3.63, 3.8) is 0 Å². The van der Waals surface area contributed by atoms with E-state index in [0.717, 1.165) is 0 Å². The van der Waals surface area contributed by atoms with Gasteiger partial charge in [-0.3, -0.25) is 0 Å². The molecule has 0 N–H and O–H groups in total. The quantitative estimate of drug-likeness (QED) is 0.172. The summed E-state index contributed by atoms with van der Waals surface area (Å²) in [6, 6.07) is 89.0. The Hall–Kier alpha value is -7.48. The Bertz CT molecular complexity index is 3030.